The molecule has 2 aromatic heterocycles. The molecule has 2 heterocycles. The molecule has 0 saturated heterocycles. The third-order valence-electron chi connectivity index (χ3n) is 11.7. The van der Waals surface area contributed by atoms with Gasteiger partial charge in [-0.1, -0.05) is 134 Å². The first kappa shape index (κ1) is 37.9. The molecule has 0 amide bonds. The number of anilines is 3. The molecule has 0 bridgehead atoms. The Morgan fingerprint density at radius 3 is 2.00 bits per heavy atom. The highest BCUT2D eigenvalue weighted by Crippen LogP contribution is 2.42. The fourth-order valence-corrected chi connectivity index (χ4v) is 8.72. The Bertz CT molecular complexity index is 3490. The second kappa shape index (κ2) is 17.2. The van der Waals surface area contributed by atoms with Gasteiger partial charge in [-0.2, -0.15) is 0 Å². The Morgan fingerprint density at radius 2 is 1.23 bits per heavy atom. The topological polar surface area (TPSA) is 74.3 Å². The Labute approximate surface area is 392 Å². The molecule has 0 aliphatic rings. The number of hydrogen-bond donors (Lipinski definition) is 2. The summed E-state index contributed by atoms with van der Waals surface area (Å²) in [5.41, 5.74) is 17.1. The molecular formula is C58H47BrN4O2. The summed E-state index contributed by atoms with van der Waals surface area (Å²) in [5.74, 6) is 3.06. The van der Waals surface area contributed by atoms with E-state index in [4.69, 9.17) is 24.3 Å². The zero-order valence-electron chi connectivity index (χ0n) is 39.1. The van der Waals surface area contributed by atoms with E-state index in [-0.39, 0.29) is 11.0 Å². The number of fused-ring (bicyclic) bond motifs is 3. The molecule has 0 aliphatic heterocycles. The number of nitrogens with zero attached hydrogens (tertiary/aromatic N) is 2. The van der Waals surface area contributed by atoms with Crippen LogP contribution in [0.4, 0.5) is 17.1 Å². The number of nitrogen functional groups attached to an aromatic ring is 1. The van der Waals surface area contributed by atoms with Gasteiger partial charge in [-0.15, -0.1) is 0 Å². The van der Waals surface area contributed by atoms with E-state index in [2.05, 4.69) is 103 Å². The van der Waals surface area contributed by atoms with E-state index in [0.29, 0.717) is 45.6 Å². The Balaban J connectivity index is 0.986. The van der Waals surface area contributed by atoms with Gasteiger partial charge in [0.1, 0.15) is 28.8 Å². The number of para-hydroxylation sites is 3. The lowest BCUT2D eigenvalue weighted by Gasteiger charge is -2.19. The number of aromatic nitrogens is 2. The lowest BCUT2D eigenvalue weighted by molar-refractivity contribution is 0.482. The van der Waals surface area contributed by atoms with E-state index in [9.17, 15) is 0 Å². The molecule has 65 heavy (non-hydrogen) atoms. The number of halogens is 1. The molecule has 6 nitrogen and oxygen atoms in total. The van der Waals surface area contributed by atoms with Gasteiger partial charge in [-0.25, -0.2) is 4.98 Å². The van der Waals surface area contributed by atoms with Crippen molar-refractivity contribution in [2.45, 2.75) is 33.0 Å². The van der Waals surface area contributed by atoms with Crippen molar-refractivity contribution in [3.63, 3.8) is 0 Å². The minimum absolute atomic E-state index is 0.0824. The maximum absolute atomic E-state index is 8.75. The van der Waals surface area contributed by atoms with Crippen LogP contribution in [0.5, 0.6) is 23.0 Å². The highest BCUT2D eigenvalue weighted by Gasteiger charge is 2.20. The summed E-state index contributed by atoms with van der Waals surface area (Å²) >= 11 is 3.54. The second-order valence-corrected chi connectivity index (χ2v) is 18.0. The van der Waals surface area contributed by atoms with Gasteiger partial charge < -0.3 is 20.5 Å². The number of nitrogens with two attached hydrogens (primary N) is 1. The molecule has 7 heteroatoms. The van der Waals surface area contributed by atoms with Gasteiger partial charge in [0.05, 0.1) is 28.1 Å². The fraction of sp³-hybridized carbons (Fsp3) is 0.0862. The molecule has 0 saturated carbocycles. The number of aryl methyl sites for hydroxylation is 1. The van der Waals surface area contributed by atoms with Gasteiger partial charge in [0.25, 0.3) is 0 Å². The van der Waals surface area contributed by atoms with Crippen molar-refractivity contribution >= 4 is 54.8 Å². The van der Waals surface area contributed by atoms with E-state index in [1.54, 1.807) is 12.3 Å². The van der Waals surface area contributed by atoms with Crippen LogP contribution in [0.1, 0.15) is 36.0 Å². The van der Waals surface area contributed by atoms with Crippen LogP contribution in [0.3, 0.4) is 0 Å². The van der Waals surface area contributed by atoms with Crippen LogP contribution < -0.4 is 20.5 Å². The highest BCUT2D eigenvalue weighted by atomic mass is 79.9. The van der Waals surface area contributed by atoms with E-state index >= 15 is 0 Å². The maximum atomic E-state index is 8.75. The lowest BCUT2D eigenvalue weighted by atomic mass is 9.86. The molecule has 3 N–H and O–H groups in total. The maximum Gasteiger partial charge on any atom is 0.137 e. The monoisotopic (exact) mass is 913 g/mol. The van der Waals surface area contributed by atoms with Gasteiger partial charge in [0, 0.05) is 48.3 Å². The van der Waals surface area contributed by atoms with Crippen LogP contribution in [-0.4, -0.2) is 9.55 Å². The molecule has 0 radical (unpaired) electrons. The van der Waals surface area contributed by atoms with Crippen molar-refractivity contribution < 1.29 is 13.6 Å². The summed E-state index contributed by atoms with van der Waals surface area (Å²) in [6.07, 6.45) is 1.66. The van der Waals surface area contributed by atoms with Crippen LogP contribution in [0.2, 0.25) is 0 Å². The molecule has 10 aromatic rings. The van der Waals surface area contributed by atoms with Crippen molar-refractivity contribution in [2.75, 3.05) is 11.1 Å². The summed E-state index contributed by atoms with van der Waals surface area (Å²) in [7, 11) is 0. The van der Waals surface area contributed by atoms with Gasteiger partial charge in [0.2, 0.25) is 0 Å². The number of hydrogen-bond acceptors (Lipinski definition) is 5. The molecule has 0 atom stereocenters. The summed E-state index contributed by atoms with van der Waals surface area (Å²) in [6.45, 7) is 4.14. The van der Waals surface area contributed by atoms with Crippen molar-refractivity contribution in [3.05, 3.63) is 210 Å². The number of pyridine rings is 1. The van der Waals surface area contributed by atoms with Crippen molar-refractivity contribution in [1.29, 1.82) is 0 Å². The van der Waals surface area contributed by atoms with Gasteiger partial charge in [-0.3, -0.25) is 4.57 Å². The predicted octanol–water partition coefficient (Wildman–Crippen LogP) is 16.5. The molecule has 8 aromatic carbocycles. The molecular weight excluding hydrogens is 865 g/mol. The first-order valence-electron chi connectivity index (χ1n) is 23.0. The van der Waals surface area contributed by atoms with Crippen molar-refractivity contribution in [1.82, 2.24) is 9.55 Å². The standard InChI is InChI=1S/C58H47BrN4O2/c1-37-31-56(63-54-30-25-41(58(2,3)4)33-50(54)49-29-28-46(35-55(49)63)65-45-18-11-16-42(59)34-45)61-36-51(37)39-23-26-43(27-24-39)64-44-17-10-15-40(32-44)48-20-12-19-47(38-13-6-5-7-14-38)57(48)62-53-22-9-8-21-52(53)60/h5-36,62H,60H2,1-4H3/i1D3. The summed E-state index contributed by atoms with van der Waals surface area (Å²) in [6, 6.07) is 61.6. The van der Waals surface area contributed by atoms with Crippen LogP contribution in [0.15, 0.2) is 199 Å². The minimum atomic E-state index is -2.45. The summed E-state index contributed by atoms with van der Waals surface area (Å²) in [5, 5.41) is 5.68. The van der Waals surface area contributed by atoms with Gasteiger partial charge in [0.15, 0.2) is 0 Å². The SMILES string of the molecule is [2H]C([2H])([2H])c1cc(-n2c3ccc(C(C)(C)C)cc3c3ccc(Oc4cccc(Br)c4)cc32)ncc1-c1ccc(Oc2cccc(-c3cccc(-c4ccccc4)c3Nc3ccccc3N)c2)cc1. The number of benzene rings is 8. The first-order chi connectivity index (χ1) is 32.8. The van der Waals surface area contributed by atoms with Gasteiger partial charge in [-0.05, 0) is 125 Å². The normalized spacial score (nSPS) is 12.4. The third kappa shape index (κ3) is 8.46. The molecule has 318 valence electrons. The van der Waals surface area contributed by atoms with Crippen LogP contribution >= 0.6 is 15.9 Å². The highest BCUT2D eigenvalue weighted by molar-refractivity contribution is 9.10. The number of nitrogens with one attached hydrogen (secondary N) is 1. The zero-order chi connectivity index (χ0) is 47.2. The van der Waals surface area contributed by atoms with E-state index in [0.717, 1.165) is 59.9 Å². The number of rotatable bonds is 10. The molecule has 0 spiro atoms. The summed E-state index contributed by atoms with van der Waals surface area (Å²) < 4.78 is 42.0. The van der Waals surface area contributed by atoms with Crippen molar-refractivity contribution in [2.24, 2.45) is 0 Å². The predicted molar refractivity (Wildman–Crippen MR) is 273 cm³/mol. The third-order valence-corrected chi connectivity index (χ3v) is 12.2. The molecule has 10 rings (SSSR count). The van der Waals surface area contributed by atoms with E-state index < -0.39 is 6.85 Å². The first-order valence-corrected chi connectivity index (χ1v) is 22.3. The average molecular weight is 915 g/mol. The van der Waals surface area contributed by atoms with Crippen LogP contribution in [0.25, 0.3) is 61.0 Å². The van der Waals surface area contributed by atoms with E-state index in [1.165, 1.54) is 5.56 Å². The van der Waals surface area contributed by atoms with Crippen molar-refractivity contribution in [3.8, 4) is 62.2 Å². The largest absolute Gasteiger partial charge is 0.457 e. The number of ether oxygens (including phenoxy) is 2. The molecule has 0 fully saturated rings. The Kier molecular flexibility index (Phi) is 10.0. The van der Waals surface area contributed by atoms with Gasteiger partial charge >= 0.3 is 0 Å². The summed E-state index contributed by atoms with van der Waals surface area (Å²) in [4.78, 5) is 4.98. The average Bonchev–Trinajstić information content (AvgIpc) is 3.65. The van der Waals surface area contributed by atoms with E-state index in [1.807, 2.05) is 126 Å². The smallest absolute Gasteiger partial charge is 0.137 e. The van der Waals surface area contributed by atoms with Crippen LogP contribution in [0, 0.1) is 6.85 Å². The second-order valence-electron chi connectivity index (χ2n) is 17.1. The zero-order valence-corrected chi connectivity index (χ0v) is 37.7. The fourth-order valence-electron chi connectivity index (χ4n) is 8.34. The Morgan fingerprint density at radius 1 is 0.569 bits per heavy atom. The Hall–Kier alpha value is -7.61. The molecule has 0 aliphatic carbocycles. The van der Waals surface area contributed by atoms with Crippen LogP contribution in [-0.2, 0) is 5.41 Å². The lowest BCUT2D eigenvalue weighted by Crippen LogP contribution is -2.10. The molecule has 0 unspecified atom stereocenters. The minimum Gasteiger partial charge on any atom is -0.457 e. The quantitative estimate of drug-likeness (QED) is 0.134.